The van der Waals surface area contributed by atoms with E-state index in [0.29, 0.717) is 5.15 Å². The van der Waals surface area contributed by atoms with Gasteiger partial charge in [-0.15, -0.1) is 0 Å². The zero-order valence-electron chi connectivity index (χ0n) is 8.62. The van der Waals surface area contributed by atoms with Crippen LogP contribution in [0.5, 0.6) is 5.75 Å². The van der Waals surface area contributed by atoms with Gasteiger partial charge in [0.1, 0.15) is 10.9 Å². The lowest BCUT2D eigenvalue weighted by Crippen LogP contribution is -1.81. The molecule has 80 valence electrons. The number of nitrogens with zero attached hydrogens (tertiary/aromatic N) is 1. The molecule has 3 aromatic rings. The molecule has 0 aliphatic rings. The minimum atomic E-state index is 0.511. The topological polar surface area (TPSA) is 37.9 Å². The Bertz CT molecular complexity index is 675. The summed E-state index contributed by atoms with van der Waals surface area (Å²) in [7, 11) is 1.65. The van der Waals surface area contributed by atoms with Crippen molar-refractivity contribution in [1.29, 1.82) is 0 Å². The number of hydrogen-bond donors (Lipinski definition) is 1. The van der Waals surface area contributed by atoms with E-state index in [-0.39, 0.29) is 0 Å². The van der Waals surface area contributed by atoms with Gasteiger partial charge in [-0.1, -0.05) is 11.6 Å². The summed E-state index contributed by atoms with van der Waals surface area (Å²) in [5.74, 6) is 0.813. The van der Waals surface area contributed by atoms with Crippen molar-refractivity contribution in [3.05, 3.63) is 35.6 Å². The lowest BCUT2D eigenvalue weighted by atomic mass is 10.2. The van der Waals surface area contributed by atoms with Crippen LogP contribution < -0.4 is 4.74 Å². The lowest BCUT2D eigenvalue weighted by molar-refractivity contribution is 0.415. The van der Waals surface area contributed by atoms with E-state index in [2.05, 4.69) is 9.97 Å². The Hall–Kier alpha value is -1.74. The Morgan fingerprint density at radius 3 is 2.94 bits per heavy atom. The molecule has 0 aliphatic carbocycles. The van der Waals surface area contributed by atoms with E-state index in [1.165, 1.54) is 0 Å². The molecule has 1 N–H and O–H groups in total. The van der Waals surface area contributed by atoms with E-state index in [0.717, 1.165) is 27.6 Å². The second-order valence-corrected chi connectivity index (χ2v) is 3.92. The molecule has 3 rings (SSSR count). The van der Waals surface area contributed by atoms with Gasteiger partial charge in [-0.05, 0) is 24.3 Å². The second-order valence-electron chi connectivity index (χ2n) is 3.56. The van der Waals surface area contributed by atoms with Crippen molar-refractivity contribution in [2.75, 3.05) is 7.11 Å². The van der Waals surface area contributed by atoms with Crippen LogP contribution in [0.4, 0.5) is 0 Å². The molecule has 0 saturated heterocycles. The summed E-state index contributed by atoms with van der Waals surface area (Å²) in [6.07, 6.45) is 1.69. The van der Waals surface area contributed by atoms with Gasteiger partial charge in [0.15, 0.2) is 0 Å². The summed E-state index contributed by atoms with van der Waals surface area (Å²) in [6, 6.07) is 7.76. The molecule has 0 bridgehead atoms. The van der Waals surface area contributed by atoms with Gasteiger partial charge >= 0.3 is 0 Å². The van der Waals surface area contributed by atoms with E-state index in [1.807, 2.05) is 24.3 Å². The van der Waals surface area contributed by atoms with Crippen molar-refractivity contribution in [2.45, 2.75) is 0 Å². The molecule has 0 spiro atoms. The maximum atomic E-state index is 6.10. The number of benzene rings is 1. The monoisotopic (exact) mass is 232 g/mol. The molecule has 0 atom stereocenters. The number of rotatable bonds is 1. The Labute approximate surface area is 97.0 Å². The molecule has 3 nitrogen and oxygen atoms in total. The number of nitrogens with one attached hydrogen (secondary N) is 1. The Kier molecular flexibility index (Phi) is 2.01. The number of H-pyrrole nitrogens is 1. The summed E-state index contributed by atoms with van der Waals surface area (Å²) < 4.78 is 5.20. The van der Waals surface area contributed by atoms with Crippen LogP contribution in [0.3, 0.4) is 0 Å². The Balaban J connectivity index is 2.50. The van der Waals surface area contributed by atoms with Gasteiger partial charge in [-0.2, -0.15) is 0 Å². The largest absolute Gasteiger partial charge is 0.497 e. The summed E-state index contributed by atoms with van der Waals surface area (Å²) >= 11 is 6.10. The zero-order chi connectivity index (χ0) is 11.1. The molecule has 0 radical (unpaired) electrons. The minimum Gasteiger partial charge on any atom is -0.497 e. The molecule has 1 aromatic carbocycles. The van der Waals surface area contributed by atoms with Crippen molar-refractivity contribution in [1.82, 2.24) is 9.97 Å². The van der Waals surface area contributed by atoms with Gasteiger partial charge in [0, 0.05) is 22.5 Å². The third kappa shape index (κ3) is 1.25. The first-order valence-electron chi connectivity index (χ1n) is 4.89. The highest BCUT2D eigenvalue weighted by atomic mass is 35.5. The predicted molar refractivity (Wildman–Crippen MR) is 65.2 cm³/mol. The third-order valence-electron chi connectivity index (χ3n) is 2.67. The van der Waals surface area contributed by atoms with Crippen LogP contribution in [0, 0.1) is 0 Å². The maximum Gasteiger partial charge on any atom is 0.138 e. The number of aromatic nitrogens is 2. The molecule has 2 aromatic heterocycles. The van der Waals surface area contributed by atoms with E-state index in [4.69, 9.17) is 16.3 Å². The fraction of sp³-hybridized carbons (Fsp3) is 0.0833. The molecule has 4 heteroatoms. The molecule has 0 aliphatic heterocycles. The number of pyridine rings is 1. The fourth-order valence-corrected chi connectivity index (χ4v) is 2.17. The number of methoxy groups -OCH3 is 1. The summed E-state index contributed by atoms with van der Waals surface area (Å²) in [6.45, 7) is 0. The number of ether oxygens (including phenoxy) is 1. The van der Waals surface area contributed by atoms with E-state index in [1.54, 1.807) is 13.3 Å². The maximum absolute atomic E-state index is 6.10. The quantitative estimate of drug-likeness (QED) is 0.653. The second kappa shape index (κ2) is 3.39. The number of halogens is 1. The van der Waals surface area contributed by atoms with E-state index < -0.39 is 0 Å². The molecule has 2 heterocycles. The standard InChI is InChI=1S/C12H9ClN2O/c1-16-7-2-3-9-8(6-7)11-10(15-9)4-5-14-12(11)13/h2-6,15H,1H3. The van der Waals surface area contributed by atoms with Gasteiger partial charge in [0.05, 0.1) is 12.6 Å². The SMILES string of the molecule is COc1ccc2[nH]c3ccnc(Cl)c3c2c1. The predicted octanol–water partition coefficient (Wildman–Crippen LogP) is 3.38. The first kappa shape index (κ1) is 9.48. The van der Waals surface area contributed by atoms with Crippen molar-refractivity contribution in [3.63, 3.8) is 0 Å². The van der Waals surface area contributed by atoms with Crippen LogP contribution >= 0.6 is 11.6 Å². The number of hydrogen-bond acceptors (Lipinski definition) is 2. The molecular weight excluding hydrogens is 224 g/mol. The molecular formula is C12H9ClN2O. The van der Waals surface area contributed by atoms with Crippen LogP contribution in [0.1, 0.15) is 0 Å². The van der Waals surface area contributed by atoms with Crippen molar-refractivity contribution >= 4 is 33.4 Å². The summed E-state index contributed by atoms with van der Waals surface area (Å²) in [5, 5.41) is 2.49. The molecule has 0 amide bonds. The van der Waals surface area contributed by atoms with Crippen LogP contribution in [0.15, 0.2) is 30.5 Å². The summed E-state index contributed by atoms with van der Waals surface area (Å²) in [4.78, 5) is 7.38. The van der Waals surface area contributed by atoms with Gasteiger partial charge in [0.25, 0.3) is 0 Å². The first-order valence-corrected chi connectivity index (χ1v) is 5.27. The average Bonchev–Trinajstić information content (AvgIpc) is 2.67. The van der Waals surface area contributed by atoms with Gasteiger partial charge < -0.3 is 9.72 Å². The van der Waals surface area contributed by atoms with Crippen molar-refractivity contribution in [3.8, 4) is 5.75 Å². The molecule has 0 fully saturated rings. The van der Waals surface area contributed by atoms with E-state index >= 15 is 0 Å². The van der Waals surface area contributed by atoms with Crippen LogP contribution in [-0.4, -0.2) is 17.1 Å². The third-order valence-corrected chi connectivity index (χ3v) is 2.96. The molecule has 0 saturated carbocycles. The zero-order valence-corrected chi connectivity index (χ0v) is 9.38. The summed E-state index contributed by atoms with van der Waals surface area (Å²) in [5.41, 5.74) is 2.02. The van der Waals surface area contributed by atoms with Crippen molar-refractivity contribution < 1.29 is 4.74 Å². The highest BCUT2D eigenvalue weighted by molar-refractivity contribution is 6.36. The van der Waals surface area contributed by atoms with Crippen LogP contribution in [0.2, 0.25) is 5.15 Å². The number of fused-ring (bicyclic) bond motifs is 3. The van der Waals surface area contributed by atoms with Crippen LogP contribution in [-0.2, 0) is 0 Å². The van der Waals surface area contributed by atoms with Crippen molar-refractivity contribution in [2.24, 2.45) is 0 Å². The van der Waals surface area contributed by atoms with Gasteiger partial charge in [-0.25, -0.2) is 4.98 Å². The van der Waals surface area contributed by atoms with Crippen LogP contribution in [0.25, 0.3) is 21.8 Å². The van der Waals surface area contributed by atoms with Gasteiger partial charge in [0.2, 0.25) is 0 Å². The highest BCUT2D eigenvalue weighted by Gasteiger charge is 2.08. The highest BCUT2D eigenvalue weighted by Crippen LogP contribution is 2.31. The first-order chi connectivity index (χ1) is 7.79. The smallest absolute Gasteiger partial charge is 0.138 e. The Morgan fingerprint density at radius 1 is 1.25 bits per heavy atom. The Morgan fingerprint density at radius 2 is 2.12 bits per heavy atom. The minimum absolute atomic E-state index is 0.511. The normalized spacial score (nSPS) is 11.1. The molecule has 0 unspecified atom stereocenters. The fourth-order valence-electron chi connectivity index (χ4n) is 1.91. The number of aromatic amines is 1. The van der Waals surface area contributed by atoms with Gasteiger partial charge in [-0.3, -0.25) is 0 Å². The lowest BCUT2D eigenvalue weighted by Gasteiger charge is -1.99. The molecule has 16 heavy (non-hydrogen) atoms. The van der Waals surface area contributed by atoms with E-state index in [9.17, 15) is 0 Å². The average molecular weight is 233 g/mol.